The van der Waals surface area contributed by atoms with Crippen LogP contribution < -0.4 is 4.72 Å². The Balaban J connectivity index is 2.27. The molecule has 1 saturated carbocycles. The second-order valence-corrected chi connectivity index (χ2v) is 7.98. The molecule has 21 heavy (non-hydrogen) atoms. The van der Waals surface area contributed by atoms with E-state index >= 15 is 0 Å². The summed E-state index contributed by atoms with van der Waals surface area (Å²) >= 11 is 0. The van der Waals surface area contributed by atoms with Crippen molar-refractivity contribution in [1.29, 1.82) is 0 Å². The van der Waals surface area contributed by atoms with Crippen molar-refractivity contribution in [2.24, 2.45) is 10.8 Å². The molecule has 0 atom stereocenters. The van der Waals surface area contributed by atoms with Crippen molar-refractivity contribution in [3.05, 3.63) is 11.8 Å². The summed E-state index contributed by atoms with van der Waals surface area (Å²) in [4.78, 5) is 11.8. The van der Waals surface area contributed by atoms with Gasteiger partial charge in [0.05, 0.1) is 12.8 Å². The smallest absolute Gasteiger partial charge is 0.342 e. The summed E-state index contributed by atoms with van der Waals surface area (Å²) in [7, 11) is -3.86. The zero-order valence-electron chi connectivity index (χ0n) is 12.9. The SMILES string of the molecule is CCOC(=O)c1cn[nH]c1S(=O)(=O)NC1C(C)(C)C1(C)C. The van der Waals surface area contributed by atoms with Crippen LogP contribution in [0.1, 0.15) is 45.0 Å². The molecule has 0 radical (unpaired) electrons. The van der Waals surface area contributed by atoms with E-state index < -0.39 is 16.0 Å². The summed E-state index contributed by atoms with van der Waals surface area (Å²) in [5, 5.41) is 5.77. The van der Waals surface area contributed by atoms with Gasteiger partial charge in [-0.25, -0.2) is 17.9 Å². The lowest BCUT2D eigenvalue weighted by atomic mass is 10.0. The molecule has 118 valence electrons. The van der Waals surface area contributed by atoms with Gasteiger partial charge in [-0.15, -0.1) is 0 Å². The molecular formula is C13H21N3O4S. The van der Waals surface area contributed by atoms with Crippen LogP contribution in [0.2, 0.25) is 0 Å². The molecule has 1 aromatic rings. The van der Waals surface area contributed by atoms with Gasteiger partial charge in [0.25, 0.3) is 10.0 Å². The number of carbonyl (C=O) groups is 1. The summed E-state index contributed by atoms with van der Waals surface area (Å²) in [6, 6.07) is -0.201. The normalized spacial score (nSPS) is 20.2. The van der Waals surface area contributed by atoms with Gasteiger partial charge in [0.1, 0.15) is 5.56 Å². The number of nitrogens with one attached hydrogen (secondary N) is 2. The van der Waals surface area contributed by atoms with Crippen LogP contribution in [0.4, 0.5) is 0 Å². The molecule has 8 heteroatoms. The lowest BCUT2D eigenvalue weighted by Crippen LogP contribution is -2.31. The fourth-order valence-corrected chi connectivity index (χ4v) is 4.15. The van der Waals surface area contributed by atoms with Crippen LogP contribution in [0.15, 0.2) is 11.2 Å². The third-order valence-electron chi connectivity index (χ3n) is 4.66. The second kappa shape index (κ2) is 4.81. The fraction of sp³-hybridized carbons (Fsp3) is 0.692. The summed E-state index contributed by atoms with van der Waals surface area (Å²) in [5.41, 5.74) is -0.380. The lowest BCUT2D eigenvalue weighted by molar-refractivity contribution is 0.0522. The number of H-pyrrole nitrogens is 1. The third kappa shape index (κ3) is 2.46. The number of aromatic nitrogens is 2. The maximum absolute atomic E-state index is 12.5. The molecule has 0 saturated heterocycles. The fourth-order valence-electron chi connectivity index (χ4n) is 2.54. The van der Waals surface area contributed by atoms with E-state index in [1.165, 1.54) is 0 Å². The van der Waals surface area contributed by atoms with Gasteiger partial charge in [0.2, 0.25) is 0 Å². The molecule has 0 aliphatic heterocycles. The summed E-state index contributed by atoms with van der Waals surface area (Å²) in [6.45, 7) is 9.82. The number of nitrogens with zero attached hydrogens (tertiary/aromatic N) is 1. The highest BCUT2D eigenvalue weighted by molar-refractivity contribution is 7.89. The first-order valence-corrected chi connectivity index (χ1v) is 8.27. The number of hydrogen-bond donors (Lipinski definition) is 2. The van der Waals surface area contributed by atoms with Gasteiger partial charge >= 0.3 is 5.97 Å². The Bertz CT molecular complexity index is 647. The molecule has 1 aromatic heterocycles. The first-order valence-electron chi connectivity index (χ1n) is 6.78. The molecule has 1 fully saturated rings. The minimum Gasteiger partial charge on any atom is -0.462 e. The number of carbonyl (C=O) groups excluding carboxylic acids is 1. The summed E-state index contributed by atoms with van der Waals surface area (Å²) in [6.07, 6.45) is 1.16. The predicted molar refractivity (Wildman–Crippen MR) is 76.2 cm³/mol. The first-order chi connectivity index (χ1) is 9.55. The zero-order valence-corrected chi connectivity index (χ0v) is 13.7. The maximum atomic E-state index is 12.5. The minimum absolute atomic E-state index is 0.0828. The Morgan fingerprint density at radius 1 is 1.38 bits per heavy atom. The van der Waals surface area contributed by atoms with E-state index in [2.05, 4.69) is 14.9 Å². The van der Waals surface area contributed by atoms with Crippen LogP contribution in [0.5, 0.6) is 0 Å². The summed E-state index contributed by atoms with van der Waals surface area (Å²) < 4.78 is 32.4. The van der Waals surface area contributed by atoms with Crippen LogP contribution >= 0.6 is 0 Å². The lowest BCUT2D eigenvalue weighted by Gasteiger charge is -2.08. The van der Waals surface area contributed by atoms with Crippen molar-refractivity contribution in [3.63, 3.8) is 0 Å². The number of ether oxygens (including phenoxy) is 1. The van der Waals surface area contributed by atoms with E-state index in [0.717, 1.165) is 6.20 Å². The molecule has 7 nitrogen and oxygen atoms in total. The van der Waals surface area contributed by atoms with Gasteiger partial charge in [-0.05, 0) is 17.8 Å². The van der Waals surface area contributed by atoms with E-state index in [1.54, 1.807) is 6.92 Å². The van der Waals surface area contributed by atoms with Crippen molar-refractivity contribution >= 4 is 16.0 Å². The highest BCUT2D eigenvalue weighted by atomic mass is 32.2. The van der Waals surface area contributed by atoms with Crippen LogP contribution in [0, 0.1) is 10.8 Å². The largest absolute Gasteiger partial charge is 0.462 e. The van der Waals surface area contributed by atoms with Crippen molar-refractivity contribution in [2.45, 2.75) is 45.7 Å². The molecule has 1 aliphatic carbocycles. The molecule has 1 aliphatic rings. The van der Waals surface area contributed by atoms with E-state index in [-0.39, 0.29) is 34.1 Å². The van der Waals surface area contributed by atoms with Crippen LogP contribution in [0.3, 0.4) is 0 Å². The Kier molecular flexibility index (Phi) is 3.66. The topological polar surface area (TPSA) is 101 Å². The quantitative estimate of drug-likeness (QED) is 0.798. The third-order valence-corrected chi connectivity index (χ3v) is 6.06. The molecular weight excluding hydrogens is 294 g/mol. The highest BCUT2D eigenvalue weighted by Gasteiger charge is 2.66. The standard InChI is InChI=1S/C13H21N3O4S/c1-6-20-10(17)8-7-14-15-9(8)21(18,19)16-11-12(2,3)13(11,4)5/h7,11,16H,6H2,1-5H3,(H,14,15). The van der Waals surface area contributed by atoms with Crippen molar-refractivity contribution in [1.82, 2.24) is 14.9 Å². The number of aromatic amines is 1. The molecule has 0 spiro atoms. The van der Waals surface area contributed by atoms with Gasteiger partial charge < -0.3 is 4.74 Å². The minimum atomic E-state index is -3.86. The van der Waals surface area contributed by atoms with Crippen molar-refractivity contribution < 1.29 is 17.9 Å². The molecule has 0 bridgehead atoms. The summed E-state index contributed by atoms with van der Waals surface area (Å²) in [5.74, 6) is -0.707. The number of sulfonamides is 1. The van der Waals surface area contributed by atoms with Gasteiger partial charge in [0.15, 0.2) is 5.03 Å². The van der Waals surface area contributed by atoms with Crippen molar-refractivity contribution in [2.75, 3.05) is 6.61 Å². The average Bonchev–Trinajstić information content (AvgIpc) is 2.80. The molecule has 2 rings (SSSR count). The Morgan fingerprint density at radius 3 is 2.43 bits per heavy atom. The van der Waals surface area contributed by atoms with Crippen LogP contribution in [-0.2, 0) is 14.8 Å². The second-order valence-electron chi connectivity index (χ2n) is 6.33. The molecule has 1 heterocycles. The van der Waals surface area contributed by atoms with Gasteiger partial charge in [-0.3, -0.25) is 5.10 Å². The Hall–Kier alpha value is -1.41. The Morgan fingerprint density at radius 2 is 1.95 bits per heavy atom. The van der Waals surface area contributed by atoms with Gasteiger partial charge in [-0.2, -0.15) is 5.10 Å². The highest BCUT2D eigenvalue weighted by Crippen LogP contribution is 2.62. The average molecular weight is 315 g/mol. The Labute approximate surface area is 124 Å². The predicted octanol–water partition coefficient (Wildman–Crippen LogP) is 1.30. The molecule has 0 aromatic carbocycles. The zero-order chi connectivity index (χ0) is 16.1. The molecule has 2 N–H and O–H groups in total. The number of esters is 1. The number of hydrogen-bond acceptors (Lipinski definition) is 5. The monoisotopic (exact) mass is 315 g/mol. The number of rotatable bonds is 5. The van der Waals surface area contributed by atoms with Gasteiger partial charge in [-0.1, -0.05) is 27.7 Å². The van der Waals surface area contributed by atoms with Gasteiger partial charge in [0, 0.05) is 6.04 Å². The van der Waals surface area contributed by atoms with E-state index in [1.807, 2.05) is 27.7 Å². The first kappa shape index (κ1) is 16.0. The van der Waals surface area contributed by atoms with Crippen molar-refractivity contribution in [3.8, 4) is 0 Å². The van der Waals surface area contributed by atoms with Crippen LogP contribution in [-0.4, -0.2) is 37.2 Å². The maximum Gasteiger partial charge on any atom is 0.342 e. The van der Waals surface area contributed by atoms with Crippen LogP contribution in [0.25, 0.3) is 0 Å². The van der Waals surface area contributed by atoms with E-state index in [0.29, 0.717) is 0 Å². The molecule has 0 amide bonds. The van der Waals surface area contributed by atoms with E-state index in [9.17, 15) is 13.2 Å². The molecule has 0 unspecified atom stereocenters. The van der Waals surface area contributed by atoms with E-state index in [4.69, 9.17) is 4.74 Å².